The molecule has 5 aliphatic rings. The van der Waals surface area contributed by atoms with Crippen molar-refractivity contribution in [2.75, 3.05) is 6.61 Å². The maximum atomic E-state index is 13.2. The third-order valence-electron chi connectivity index (χ3n) is 9.46. The highest BCUT2D eigenvalue weighted by molar-refractivity contribution is 6.23. The lowest BCUT2D eigenvalue weighted by atomic mass is 9.51. The zero-order chi connectivity index (χ0) is 30.2. The molecule has 12 atom stereocenters. The molecule has 1 saturated carbocycles. The maximum absolute atomic E-state index is 13.2. The molecule has 0 N–H and O–H groups in total. The van der Waals surface area contributed by atoms with E-state index in [0.29, 0.717) is 12.8 Å². The Bertz CT molecular complexity index is 1200. The van der Waals surface area contributed by atoms with Crippen LogP contribution in [-0.4, -0.2) is 89.7 Å². The van der Waals surface area contributed by atoms with Crippen LogP contribution in [0.25, 0.3) is 0 Å². The van der Waals surface area contributed by atoms with Gasteiger partial charge >= 0.3 is 29.8 Å². The monoisotopic (exact) mass is 598 g/mol. The Balaban J connectivity index is 1.86. The van der Waals surface area contributed by atoms with Gasteiger partial charge < -0.3 is 33.2 Å². The Kier molecular flexibility index (Phi) is 7.22. The van der Waals surface area contributed by atoms with E-state index in [1.165, 1.54) is 27.7 Å². The summed E-state index contributed by atoms with van der Waals surface area (Å²) in [7, 11) is 0. The maximum Gasteiger partial charge on any atom is 0.312 e. The van der Waals surface area contributed by atoms with Crippen LogP contribution >= 0.6 is 11.6 Å². The summed E-state index contributed by atoms with van der Waals surface area (Å²) in [4.78, 5) is 63.7. The summed E-state index contributed by atoms with van der Waals surface area (Å²) in [6.45, 7) is 12.5. The number of halogens is 1. The minimum absolute atomic E-state index is 0.207. The molecule has 2 bridgehead atoms. The fourth-order valence-electron chi connectivity index (χ4n) is 7.78. The van der Waals surface area contributed by atoms with Crippen LogP contribution in [0.3, 0.4) is 0 Å². The van der Waals surface area contributed by atoms with Crippen molar-refractivity contribution in [3.05, 3.63) is 12.2 Å². The summed E-state index contributed by atoms with van der Waals surface area (Å²) < 4.78 is 42.4. The first-order chi connectivity index (χ1) is 19.1. The van der Waals surface area contributed by atoms with Crippen LogP contribution in [0, 0.1) is 17.3 Å². The summed E-state index contributed by atoms with van der Waals surface area (Å²) in [5.74, 6) is -5.25. The molecule has 226 valence electrons. The summed E-state index contributed by atoms with van der Waals surface area (Å²) in [6, 6.07) is 0. The molecule has 0 aromatic rings. The van der Waals surface area contributed by atoms with Crippen LogP contribution in [-0.2, 0) is 57.1 Å². The van der Waals surface area contributed by atoms with Gasteiger partial charge in [0.15, 0.2) is 23.9 Å². The van der Waals surface area contributed by atoms with Gasteiger partial charge in [-0.2, -0.15) is 0 Å². The molecule has 5 rings (SSSR count). The molecule has 0 radical (unpaired) electrons. The first-order valence-corrected chi connectivity index (χ1v) is 14.1. The highest BCUT2D eigenvalue weighted by Gasteiger charge is 2.80. The number of ether oxygens (including phenoxy) is 7. The van der Waals surface area contributed by atoms with Crippen molar-refractivity contribution in [3.63, 3.8) is 0 Å². The lowest BCUT2D eigenvalue weighted by molar-refractivity contribution is -0.308. The van der Waals surface area contributed by atoms with Gasteiger partial charge in [0.05, 0.1) is 28.9 Å². The number of epoxide rings is 1. The normalized spacial score (nSPS) is 46.2. The van der Waals surface area contributed by atoms with E-state index in [9.17, 15) is 24.0 Å². The number of hydrogen-bond donors (Lipinski definition) is 0. The molecule has 1 aliphatic carbocycles. The molecule has 5 fully saturated rings. The van der Waals surface area contributed by atoms with Gasteiger partial charge in [-0.15, -0.1) is 11.6 Å². The van der Waals surface area contributed by atoms with Crippen molar-refractivity contribution in [2.24, 2.45) is 17.3 Å². The molecule has 13 heteroatoms. The second kappa shape index (κ2) is 9.95. The number of fused-ring (bicyclic) bond motifs is 3. The summed E-state index contributed by atoms with van der Waals surface area (Å²) in [5.41, 5.74) is -3.83. The molecule has 2 spiro atoms. The second-order valence-electron chi connectivity index (χ2n) is 11.9. The zero-order valence-corrected chi connectivity index (χ0v) is 24.6. The molecule has 41 heavy (non-hydrogen) atoms. The Morgan fingerprint density at radius 1 is 0.951 bits per heavy atom. The average Bonchev–Trinajstić information content (AvgIpc) is 3.58. The van der Waals surface area contributed by atoms with Crippen molar-refractivity contribution in [1.29, 1.82) is 0 Å². The van der Waals surface area contributed by atoms with Crippen LogP contribution in [0.15, 0.2) is 12.2 Å². The first kappa shape index (κ1) is 29.8. The Hall–Kier alpha value is -2.70. The molecule has 4 heterocycles. The highest BCUT2D eigenvalue weighted by atomic mass is 35.5. The fraction of sp³-hybridized carbons (Fsp3) is 0.750. The summed E-state index contributed by atoms with van der Waals surface area (Å²) in [6.07, 6.45) is -6.51. The highest BCUT2D eigenvalue weighted by Crippen LogP contribution is 2.65. The van der Waals surface area contributed by atoms with Gasteiger partial charge in [0, 0.05) is 33.6 Å². The van der Waals surface area contributed by atoms with E-state index >= 15 is 0 Å². The van der Waals surface area contributed by atoms with Crippen LogP contribution in [0.5, 0.6) is 0 Å². The predicted octanol–water partition coefficient (Wildman–Crippen LogP) is 1.77. The molecule has 0 aromatic heterocycles. The second-order valence-corrected chi connectivity index (χ2v) is 12.4. The minimum Gasteiger partial charge on any atom is -0.462 e. The molecular formula is C28H35ClO12. The topological polar surface area (TPSA) is 153 Å². The van der Waals surface area contributed by atoms with Crippen LogP contribution in [0.4, 0.5) is 0 Å². The Labute approximate surface area is 242 Å². The minimum atomic E-state index is -1.69. The number of alkyl halides is 1. The first-order valence-electron chi connectivity index (χ1n) is 13.6. The SMILES string of the molecule is C=C1[C@H]2OC3([C@@H](C)C(=O)O[C@H]3[C@H]1Cl)[C@@H](OC(C)=O)[C@H]1[C@]3(CC[C@H](OC(C)=O)[C@]1(C)[C@@H](OC(C)=O)[C@H]2OC(C)=O)CO3. The lowest BCUT2D eigenvalue weighted by Gasteiger charge is -2.62. The third-order valence-corrected chi connectivity index (χ3v) is 9.97. The summed E-state index contributed by atoms with van der Waals surface area (Å²) in [5, 5.41) is -1.05. The van der Waals surface area contributed by atoms with Crippen molar-refractivity contribution in [1.82, 2.24) is 0 Å². The smallest absolute Gasteiger partial charge is 0.312 e. The van der Waals surface area contributed by atoms with Crippen molar-refractivity contribution < 1.29 is 57.1 Å². The number of hydrogen-bond acceptors (Lipinski definition) is 12. The van der Waals surface area contributed by atoms with Gasteiger partial charge in [-0.05, 0) is 25.3 Å². The van der Waals surface area contributed by atoms with Gasteiger partial charge in [-0.25, -0.2) is 0 Å². The third kappa shape index (κ3) is 4.36. The van der Waals surface area contributed by atoms with Crippen molar-refractivity contribution in [3.8, 4) is 0 Å². The molecule has 4 aliphatic heterocycles. The van der Waals surface area contributed by atoms with Gasteiger partial charge in [-0.1, -0.05) is 13.5 Å². The predicted molar refractivity (Wildman–Crippen MR) is 137 cm³/mol. The molecule has 0 aromatic carbocycles. The number of esters is 5. The molecule has 4 saturated heterocycles. The van der Waals surface area contributed by atoms with E-state index in [1.807, 2.05) is 0 Å². The molecule has 0 amide bonds. The van der Waals surface area contributed by atoms with E-state index in [-0.39, 0.29) is 12.2 Å². The van der Waals surface area contributed by atoms with Crippen LogP contribution in [0.2, 0.25) is 0 Å². The van der Waals surface area contributed by atoms with Gasteiger partial charge in [0.25, 0.3) is 0 Å². The number of carbonyl (C=O) groups is 5. The summed E-state index contributed by atoms with van der Waals surface area (Å²) >= 11 is 6.93. The fourth-order valence-corrected chi connectivity index (χ4v) is 8.15. The lowest BCUT2D eigenvalue weighted by Crippen LogP contribution is -2.77. The standard InChI is InChI=1S/C28H35ClO12/c1-11-18(29)22-28(12(2)25(34)40-22)24(39-16(6)33)21-26(7,17(36-13(3)30)8-9-27(21)10-35-27)23(38-15(5)32)20(19(11)41-28)37-14(4)31/h12,17-24H,1,8-10H2,2-7H3/t12-,17-,18-,19+,20-,21+,22-,23-,24-,26-,27-,28?/m0/s1. The molecule has 12 nitrogen and oxygen atoms in total. The quantitative estimate of drug-likeness (QED) is 0.152. The van der Waals surface area contributed by atoms with Gasteiger partial charge in [-0.3, -0.25) is 24.0 Å². The van der Waals surface area contributed by atoms with E-state index in [2.05, 4.69) is 6.58 Å². The van der Waals surface area contributed by atoms with Gasteiger partial charge in [0.2, 0.25) is 0 Å². The van der Waals surface area contributed by atoms with E-state index in [1.54, 1.807) is 13.8 Å². The zero-order valence-electron chi connectivity index (χ0n) is 23.8. The molecular weight excluding hydrogens is 564 g/mol. The Morgan fingerprint density at radius 2 is 1.51 bits per heavy atom. The van der Waals surface area contributed by atoms with Crippen LogP contribution in [0.1, 0.15) is 54.4 Å². The average molecular weight is 599 g/mol. The van der Waals surface area contributed by atoms with Crippen molar-refractivity contribution in [2.45, 2.75) is 108 Å². The van der Waals surface area contributed by atoms with Crippen molar-refractivity contribution >= 4 is 41.4 Å². The van der Waals surface area contributed by atoms with Crippen LogP contribution < -0.4 is 0 Å². The largest absolute Gasteiger partial charge is 0.462 e. The van der Waals surface area contributed by atoms with Gasteiger partial charge in [0.1, 0.15) is 18.3 Å². The van der Waals surface area contributed by atoms with E-state index in [4.69, 9.17) is 44.8 Å². The number of rotatable bonds is 4. The van der Waals surface area contributed by atoms with E-state index < -0.39 is 100 Å². The number of carbonyl (C=O) groups excluding carboxylic acids is 5. The van der Waals surface area contributed by atoms with E-state index in [0.717, 1.165) is 0 Å². The molecule has 1 unspecified atom stereocenters. The Morgan fingerprint density at radius 3 is 2.05 bits per heavy atom.